The van der Waals surface area contributed by atoms with Gasteiger partial charge in [-0.2, -0.15) is 0 Å². The van der Waals surface area contributed by atoms with Gasteiger partial charge < -0.3 is 16.2 Å². The summed E-state index contributed by atoms with van der Waals surface area (Å²) in [6, 6.07) is 18.4. The van der Waals surface area contributed by atoms with Gasteiger partial charge in [0.2, 0.25) is 0 Å². The minimum Gasteiger partial charge on any atom is -0.457 e. The molecule has 0 saturated heterocycles. The number of nitrogens with two attached hydrogens (primary N) is 2. The lowest BCUT2D eigenvalue weighted by Gasteiger charge is -2.14. The van der Waals surface area contributed by atoms with E-state index in [0.717, 1.165) is 4.90 Å². The molecule has 0 bridgehead atoms. The Kier molecular flexibility index (Phi) is 3.58. The summed E-state index contributed by atoms with van der Waals surface area (Å²) < 4.78 is 5.72. The Labute approximate surface area is 149 Å². The van der Waals surface area contributed by atoms with E-state index in [9.17, 15) is 9.59 Å². The second-order valence-corrected chi connectivity index (χ2v) is 5.92. The summed E-state index contributed by atoms with van der Waals surface area (Å²) >= 11 is 0. The van der Waals surface area contributed by atoms with Gasteiger partial charge in [-0.05, 0) is 66.7 Å². The molecule has 0 saturated carbocycles. The summed E-state index contributed by atoms with van der Waals surface area (Å²) in [6.07, 6.45) is 0. The van der Waals surface area contributed by atoms with Crippen molar-refractivity contribution < 1.29 is 14.3 Å². The topological polar surface area (TPSA) is 98.7 Å². The van der Waals surface area contributed by atoms with Gasteiger partial charge in [-0.15, -0.1) is 0 Å². The van der Waals surface area contributed by atoms with Gasteiger partial charge in [0, 0.05) is 11.4 Å². The second-order valence-electron chi connectivity index (χ2n) is 5.92. The number of hydrogen-bond donors (Lipinski definition) is 2. The standard InChI is InChI=1S/C20H15N3O3/c21-12-1-6-15(7-2-12)26-16-8-4-14(5-9-16)23-19(24)17-10-3-13(22)11-18(17)20(23)25/h1-11H,21-22H2. The van der Waals surface area contributed by atoms with Crippen molar-refractivity contribution in [2.24, 2.45) is 0 Å². The summed E-state index contributed by atoms with van der Waals surface area (Å²) in [5.74, 6) is 0.476. The van der Waals surface area contributed by atoms with E-state index >= 15 is 0 Å². The predicted octanol–water partition coefficient (Wildman–Crippen LogP) is 3.44. The number of carbonyl (C=O) groups excluding carboxylic acids is 2. The molecule has 3 aromatic rings. The Morgan fingerprint density at radius 2 is 1.19 bits per heavy atom. The van der Waals surface area contributed by atoms with Crippen molar-refractivity contribution in [1.82, 2.24) is 0 Å². The Balaban J connectivity index is 1.58. The van der Waals surface area contributed by atoms with Crippen LogP contribution in [0.4, 0.5) is 17.1 Å². The summed E-state index contributed by atoms with van der Waals surface area (Å²) in [7, 11) is 0. The van der Waals surface area contributed by atoms with Crippen molar-refractivity contribution in [2.45, 2.75) is 0 Å². The number of hydrogen-bond acceptors (Lipinski definition) is 5. The van der Waals surface area contributed by atoms with E-state index in [1.165, 1.54) is 6.07 Å². The van der Waals surface area contributed by atoms with Crippen LogP contribution in [0, 0.1) is 0 Å². The number of rotatable bonds is 3. The number of nitrogens with zero attached hydrogens (tertiary/aromatic N) is 1. The molecule has 2 amide bonds. The average Bonchev–Trinajstić information content (AvgIpc) is 2.88. The van der Waals surface area contributed by atoms with Crippen LogP contribution in [0.5, 0.6) is 11.5 Å². The largest absolute Gasteiger partial charge is 0.457 e. The minimum absolute atomic E-state index is 0.317. The minimum atomic E-state index is -0.385. The zero-order valence-electron chi connectivity index (χ0n) is 13.7. The van der Waals surface area contributed by atoms with Crippen LogP contribution in [0.25, 0.3) is 0 Å². The van der Waals surface area contributed by atoms with E-state index in [1.807, 2.05) is 0 Å². The number of amides is 2. The molecular formula is C20H15N3O3. The number of carbonyl (C=O) groups is 2. The molecule has 0 spiro atoms. The second kappa shape index (κ2) is 5.93. The molecule has 3 aromatic carbocycles. The summed E-state index contributed by atoms with van der Waals surface area (Å²) in [5, 5.41) is 0. The van der Waals surface area contributed by atoms with Crippen molar-refractivity contribution in [2.75, 3.05) is 16.4 Å². The van der Waals surface area contributed by atoms with Crippen molar-refractivity contribution in [3.05, 3.63) is 77.9 Å². The fourth-order valence-electron chi connectivity index (χ4n) is 2.83. The van der Waals surface area contributed by atoms with Gasteiger partial charge in [-0.25, -0.2) is 4.90 Å². The molecule has 128 valence electrons. The molecule has 26 heavy (non-hydrogen) atoms. The molecule has 1 aliphatic rings. The molecule has 6 heteroatoms. The lowest BCUT2D eigenvalue weighted by molar-refractivity contribution is 0.0926. The van der Waals surface area contributed by atoms with Crippen molar-refractivity contribution >= 4 is 28.9 Å². The van der Waals surface area contributed by atoms with Crippen LogP contribution in [-0.2, 0) is 0 Å². The van der Waals surface area contributed by atoms with Gasteiger partial charge in [0.15, 0.2) is 0 Å². The SMILES string of the molecule is Nc1ccc(Oc2ccc(N3C(=O)c4ccc(N)cc4C3=O)cc2)cc1. The summed E-state index contributed by atoms with van der Waals surface area (Å²) in [4.78, 5) is 26.3. The first-order valence-electron chi connectivity index (χ1n) is 7.95. The molecular weight excluding hydrogens is 330 g/mol. The van der Waals surface area contributed by atoms with Gasteiger partial charge in [0.05, 0.1) is 16.8 Å². The Bertz CT molecular complexity index is 1010. The maximum absolute atomic E-state index is 12.6. The first-order valence-corrected chi connectivity index (χ1v) is 7.95. The van der Waals surface area contributed by atoms with Crippen LogP contribution >= 0.6 is 0 Å². The normalized spacial score (nSPS) is 13.0. The molecule has 0 aromatic heterocycles. The van der Waals surface area contributed by atoms with E-state index in [-0.39, 0.29) is 11.8 Å². The number of ether oxygens (including phenoxy) is 1. The fourth-order valence-corrected chi connectivity index (χ4v) is 2.83. The van der Waals surface area contributed by atoms with Crippen LogP contribution < -0.4 is 21.1 Å². The lowest BCUT2D eigenvalue weighted by atomic mass is 10.1. The molecule has 0 radical (unpaired) electrons. The quantitative estimate of drug-likeness (QED) is 0.559. The molecule has 1 aliphatic heterocycles. The van der Waals surface area contributed by atoms with Crippen molar-refractivity contribution in [1.29, 1.82) is 0 Å². The van der Waals surface area contributed by atoms with E-state index in [0.29, 0.717) is 39.7 Å². The van der Waals surface area contributed by atoms with E-state index in [4.69, 9.17) is 16.2 Å². The van der Waals surface area contributed by atoms with E-state index < -0.39 is 0 Å². The number of fused-ring (bicyclic) bond motifs is 1. The first-order chi connectivity index (χ1) is 12.5. The fraction of sp³-hybridized carbons (Fsp3) is 0. The molecule has 6 nitrogen and oxygen atoms in total. The Morgan fingerprint density at radius 1 is 0.654 bits per heavy atom. The molecule has 0 fully saturated rings. The van der Waals surface area contributed by atoms with Crippen LogP contribution in [0.3, 0.4) is 0 Å². The van der Waals surface area contributed by atoms with Gasteiger partial charge in [0.25, 0.3) is 11.8 Å². The molecule has 4 rings (SSSR count). The third-order valence-corrected chi connectivity index (χ3v) is 4.12. The van der Waals surface area contributed by atoms with Crippen molar-refractivity contribution in [3.8, 4) is 11.5 Å². The molecule has 0 atom stereocenters. The number of imide groups is 1. The summed E-state index contributed by atoms with van der Waals surface area (Å²) in [5.41, 5.74) is 13.6. The monoisotopic (exact) mass is 345 g/mol. The third-order valence-electron chi connectivity index (χ3n) is 4.12. The van der Waals surface area contributed by atoms with Gasteiger partial charge in [-0.1, -0.05) is 0 Å². The highest BCUT2D eigenvalue weighted by Crippen LogP contribution is 2.31. The smallest absolute Gasteiger partial charge is 0.266 e. The maximum Gasteiger partial charge on any atom is 0.266 e. The Morgan fingerprint density at radius 3 is 1.85 bits per heavy atom. The number of nitrogen functional groups attached to an aromatic ring is 2. The van der Waals surface area contributed by atoms with Gasteiger partial charge in [-0.3, -0.25) is 9.59 Å². The summed E-state index contributed by atoms with van der Waals surface area (Å²) in [6.45, 7) is 0. The maximum atomic E-state index is 12.6. The zero-order chi connectivity index (χ0) is 18.3. The van der Waals surface area contributed by atoms with Gasteiger partial charge >= 0.3 is 0 Å². The van der Waals surface area contributed by atoms with Crippen LogP contribution in [-0.4, -0.2) is 11.8 Å². The van der Waals surface area contributed by atoms with Gasteiger partial charge in [0.1, 0.15) is 11.5 Å². The van der Waals surface area contributed by atoms with Crippen LogP contribution in [0.15, 0.2) is 66.7 Å². The number of anilines is 3. The zero-order valence-corrected chi connectivity index (χ0v) is 13.7. The molecule has 0 unspecified atom stereocenters. The highest BCUT2D eigenvalue weighted by atomic mass is 16.5. The molecule has 1 heterocycles. The van der Waals surface area contributed by atoms with Crippen LogP contribution in [0.1, 0.15) is 20.7 Å². The average molecular weight is 345 g/mol. The van der Waals surface area contributed by atoms with Crippen molar-refractivity contribution in [3.63, 3.8) is 0 Å². The van der Waals surface area contributed by atoms with E-state index in [2.05, 4.69) is 0 Å². The highest BCUT2D eigenvalue weighted by Gasteiger charge is 2.36. The molecule has 0 aliphatic carbocycles. The third kappa shape index (κ3) is 2.63. The molecule has 4 N–H and O–H groups in total. The first kappa shape index (κ1) is 15.7. The van der Waals surface area contributed by atoms with E-state index in [1.54, 1.807) is 60.7 Å². The highest BCUT2D eigenvalue weighted by molar-refractivity contribution is 6.34. The van der Waals surface area contributed by atoms with Crippen LogP contribution in [0.2, 0.25) is 0 Å². The Hall–Kier alpha value is -3.80. The predicted molar refractivity (Wildman–Crippen MR) is 99.4 cm³/mol. The number of benzene rings is 3. The lowest BCUT2D eigenvalue weighted by Crippen LogP contribution is -2.29.